The van der Waals surface area contributed by atoms with E-state index in [-0.39, 0.29) is 36.4 Å². The zero-order chi connectivity index (χ0) is 19.3. The predicted octanol–water partition coefficient (Wildman–Crippen LogP) is -1.59. The van der Waals surface area contributed by atoms with Crippen molar-refractivity contribution in [2.45, 2.75) is 56.8 Å². The summed E-state index contributed by atoms with van der Waals surface area (Å²) in [5.74, 6) is 0.357. The fourth-order valence-corrected chi connectivity index (χ4v) is 5.14. The zero-order valence-electron chi connectivity index (χ0n) is 14.7. The molecule has 4 rings (SSSR count). The van der Waals surface area contributed by atoms with Crippen molar-refractivity contribution >= 4 is 34.0 Å². The highest BCUT2D eigenvalue weighted by Gasteiger charge is 2.50. The number of urea groups is 1. The fraction of sp³-hybridized carbons (Fsp3) is 0.733. The van der Waals surface area contributed by atoms with Crippen LogP contribution < -0.4 is 16.0 Å². The summed E-state index contributed by atoms with van der Waals surface area (Å²) < 4.78 is 40.3. The average molecular weight is 399 g/mol. The largest absolute Gasteiger partial charge is 0.726 e. The first-order chi connectivity index (χ1) is 12.7. The van der Waals surface area contributed by atoms with Crippen molar-refractivity contribution in [3.63, 3.8) is 0 Å². The third kappa shape index (κ3) is 3.69. The summed E-state index contributed by atoms with van der Waals surface area (Å²) in [5, 5.41) is 8.82. The van der Waals surface area contributed by atoms with E-state index in [4.69, 9.17) is 4.18 Å². The number of amides is 3. The lowest BCUT2D eigenvalue weighted by atomic mass is 9.82. The van der Waals surface area contributed by atoms with Crippen molar-refractivity contribution in [3.8, 4) is 0 Å². The molecule has 0 aromatic carbocycles. The topological polar surface area (TPSA) is 152 Å². The van der Waals surface area contributed by atoms with Gasteiger partial charge in [0.15, 0.2) is 0 Å². The van der Waals surface area contributed by atoms with Gasteiger partial charge in [0.1, 0.15) is 6.04 Å². The molecule has 27 heavy (non-hydrogen) atoms. The van der Waals surface area contributed by atoms with Gasteiger partial charge in [-0.2, -0.15) is 0 Å². The summed E-state index contributed by atoms with van der Waals surface area (Å²) in [6, 6.07) is -0.699. The second-order valence-electron chi connectivity index (χ2n) is 7.48. The Hall–Kier alpha value is -2.05. The number of piperidine rings is 1. The molecule has 0 aliphatic carbocycles. The van der Waals surface area contributed by atoms with Crippen LogP contribution in [-0.2, 0) is 19.4 Å². The first kappa shape index (κ1) is 18.3. The van der Waals surface area contributed by atoms with Crippen molar-refractivity contribution in [1.82, 2.24) is 16.0 Å². The molecule has 1 saturated heterocycles. The maximum absolute atomic E-state index is 11.5. The maximum Gasteiger partial charge on any atom is 0.347 e. The Morgan fingerprint density at radius 2 is 2.11 bits per heavy atom. The average Bonchev–Trinajstić information content (AvgIpc) is 2.94. The van der Waals surface area contributed by atoms with Crippen LogP contribution in [0.1, 0.15) is 32.6 Å². The molecule has 4 aliphatic heterocycles. The van der Waals surface area contributed by atoms with Crippen molar-refractivity contribution < 1.29 is 31.3 Å². The van der Waals surface area contributed by atoms with Gasteiger partial charge in [-0.05, 0) is 0 Å². The number of nitrogens with one attached hydrogen (secondary N) is 3. The molecule has 12 heteroatoms. The molecule has 3 N–H and O–H groups in total. The molecule has 1 fully saturated rings. The number of imide groups is 1. The monoisotopic (exact) mass is 399 g/mol. The van der Waals surface area contributed by atoms with E-state index in [1.165, 1.54) is 0 Å². The van der Waals surface area contributed by atoms with Crippen LogP contribution in [0, 0.1) is 5.92 Å². The third-order valence-electron chi connectivity index (χ3n) is 5.68. The van der Waals surface area contributed by atoms with E-state index >= 15 is 0 Å². The van der Waals surface area contributed by atoms with Gasteiger partial charge in [-0.1, -0.05) is 6.92 Å². The van der Waals surface area contributed by atoms with Gasteiger partial charge >= 0.3 is 12.0 Å². The Bertz CT molecular complexity index is 853. The number of hydrogen-bond acceptors (Lipinski definition) is 8. The summed E-state index contributed by atoms with van der Waals surface area (Å²) in [5.41, 5.74) is 0.518. The van der Waals surface area contributed by atoms with Gasteiger partial charge in [-0.15, -0.1) is 0 Å². The molecular weight excluding hydrogens is 378 g/mol. The van der Waals surface area contributed by atoms with Crippen LogP contribution in [0.2, 0.25) is 0 Å². The van der Waals surface area contributed by atoms with Crippen LogP contribution in [0.5, 0.6) is 0 Å². The number of hydrogen-bond donors (Lipinski definition) is 3. The van der Waals surface area contributed by atoms with E-state index in [0.717, 1.165) is 5.96 Å². The van der Waals surface area contributed by atoms with Crippen LogP contribution in [0.4, 0.5) is 4.79 Å². The molecule has 1 unspecified atom stereocenters. The van der Waals surface area contributed by atoms with E-state index in [1.807, 2.05) is 6.92 Å². The lowest BCUT2D eigenvalue weighted by Crippen LogP contribution is -2.59. The van der Waals surface area contributed by atoms with Crippen LogP contribution in [0.15, 0.2) is 4.99 Å². The molecule has 0 bridgehead atoms. The van der Waals surface area contributed by atoms with Crippen molar-refractivity contribution in [3.05, 3.63) is 0 Å². The van der Waals surface area contributed by atoms with Gasteiger partial charge in [0.2, 0.25) is 16.3 Å². The van der Waals surface area contributed by atoms with E-state index in [0.29, 0.717) is 31.5 Å². The molecule has 148 valence electrons. The van der Waals surface area contributed by atoms with Gasteiger partial charge in [-0.3, -0.25) is 29.5 Å². The maximum atomic E-state index is 11.5. The minimum Gasteiger partial charge on any atom is -0.726 e. The van der Waals surface area contributed by atoms with Crippen LogP contribution in [0.25, 0.3) is 0 Å². The molecule has 5 atom stereocenters. The van der Waals surface area contributed by atoms with Crippen LogP contribution >= 0.6 is 0 Å². The van der Waals surface area contributed by atoms with Gasteiger partial charge in [0.05, 0.1) is 31.2 Å². The first-order valence-corrected chi connectivity index (χ1v) is 10.2. The summed E-state index contributed by atoms with van der Waals surface area (Å²) >= 11 is 0. The lowest BCUT2D eigenvalue weighted by Gasteiger charge is -2.41. The fourth-order valence-electron chi connectivity index (χ4n) is 4.58. The smallest absolute Gasteiger partial charge is 0.347 e. The van der Waals surface area contributed by atoms with E-state index in [2.05, 4.69) is 25.5 Å². The summed E-state index contributed by atoms with van der Waals surface area (Å²) in [6.45, 7) is 2.50. The zero-order valence-corrected chi connectivity index (χ0v) is 15.5. The normalized spacial score (nSPS) is 35.8. The second kappa shape index (κ2) is 6.53. The quantitative estimate of drug-likeness (QED) is 0.291. The molecule has 0 aromatic heterocycles. The number of rotatable bonds is 4. The number of nitrogens with zero attached hydrogens (tertiary/aromatic N) is 2. The Morgan fingerprint density at radius 3 is 2.81 bits per heavy atom. The van der Waals surface area contributed by atoms with E-state index < -0.39 is 22.5 Å². The van der Waals surface area contributed by atoms with Crippen molar-refractivity contribution in [2.24, 2.45) is 10.9 Å². The molecule has 0 radical (unpaired) electrons. The summed E-state index contributed by atoms with van der Waals surface area (Å²) in [7, 11) is -4.77. The Balaban J connectivity index is 1.52. The summed E-state index contributed by atoms with van der Waals surface area (Å²) in [4.78, 5) is 26.8. The van der Waals surface area contributed by atoms with E-state index in [1.54, 1.807) is 0 Å². The minimum absolute atomic E-state index is 0.0112. The van der Waals surface area contributed by atoms with Crippen molar-refractivity contribution in [1.29, 1.82) is 0 Å². The molecule has 0 spiro atoms. The van der Waals surface area contributed by atoms with E-state index in [9.17, 15) is 22.6 Å². The van der Waals surface area contributed by atoms with Crippen molar-refractivity contribution in [2.75, 3.05) is 6.54 Å². The highest BCUT2D eigenvalue weighted by atomic mass is 32.3. The number of aliphatic imine (C=N–C) groups is 1. The Kier molecular flexibility index (Phi) is 4.43. The molecule has 0 saturated carbocycles. The van der Waals surface area contributed by atoms with Crippen LogP contribution in [0.3, 0.4) is 0 Å². The number of carbonyl (C=O) groups excluding carboxylic acids is 2. The van der Waals surface area contributed by atoms with Gasteiger partial charge in [0, 0.05) is 30.9 Å². The third-order valence-corrected chi connectivity index (χ3v) is 6.16. The molecule has 11 nitrogen and oxygen atoms in total. The van der Waals surface area contributed by atoms with Crippen LogP contribution in [-0.4, -0.2) is 71.9 Å². The molecule has 4 heterocycles. The number of guanidine groups is 1. The molecular formula is C15H21N5O6S. The first-order valence-electron chi connectivity index (χ1n) is 8.89. The Morgan fingerprint density at radius 1 is 1.33 bits per heavy atom. The van der Waals surface area contributed by atoms with Gasteiger partial charge < -0.3 is 4.55 Å². The number of carbonyl (C=O) groups is 2. The highest BCUT2D eigenvalue weighted by molar-refractivity contribution is 7.80. The van der Waals surface area contributed by atoms with Gasteiger partial charge in [0.25, 0.3) is 0 Å². The Labute approximate surface area is 156 Å². The second-order valence-corrected chi connectivity index (χ2v) is 8.49. The molecule has 3 amide bonds. The summed E-state index contributed by atoms with van der Waals surface area (Å²) in [6.07, 6.45) is 0.912. The molecule has 4 aliphatic rings. The minimum atomic E-state index is -4.77. The SMILES string of the molecule is C[C@@H]1C2CNC3=[N+]2[C@@H](C[C@H](CC2=NC(=O)NC(=O)C2)N3)C[C@@H]1OS(=O)(=O)[O-]. The highest BCUT2D eigenvalue weighted by Crippen LogP contribution is 2.34. The standard InChI is InChI=1S/C15H21N5O6S/c1-7-11-6-16-14-17-8(2-9-4-13(21)19-15(22)18-9)3-10(20(11)14)5-12(7)26-27(23,24)25/h7-8,10-12H,2-6H2,1H3,(H3,16,17,19,21,22,23,24,25)/t7-,8+,10+,11?,12+/m1/s1. The van der Waals surface area contributed by atoms with Gasteiger partial charge in [-0.25, -0.2) is 18.2 Å². The lowest BCUT2D eigenvalue weighted by molar-refractivity contribution is -0.620. The predicted molar refractivity (Wildman–Crippen MR) is 90.9 cm³/mol. The molecule has 0 aromatic rings.